The maximum absolute atomic E-state index is 12.0. The third-order valence-corrected chi connectivity index (χ3v) is 3.45. The van der Waals surface area contributed by atoms with E-state index >= 15 is 0 Å². The van der Waals surface area contributed by atoms with E-state index in [0.717, 1.165) is 4.47 Å². The average Bonchev–Trinajstić information content (AvgIpc) is 2.42. The Morgan fingerprint density at radius 3 is 2.45 bits per heavy atom. The van der Waals surface area contributed by atoms with Gasteiger partial charge in [0.05, 0.1) is 0 Å². The fourth-order valence-corrected chi connectivity index (χ4v) is 1.88. The van der Waals surface area contributed by atoms with Gasteiger partial charge in [0.1, 0.15) is 12.3 Å². The summed E-state index contributed by atoms with van der Waals surface area (Å²) in [6.45, 7) is 3.25. The molecule has 1 aromatic rings. The van der Waals surface area contributed by atoms with Gasteiger partial charge in [-0.2, -0.15) is 0 Å². The van der Waals surface area contributed by atoms with Crippen molar-refractivity contribution >= 4 is 27.8 Å². The Morgan fingerprint density at radius 2 is 1.95 bits per heavy atom. The molecule has 0 bridgehead atoms. The highest BCUT2D eigenvalue weighted by atomic mass is 79.9. The van der Waals surface area contributed by atoms with Gasteiger partial charge in [-0.3, -0.25) is 9.59 Å². The summed E-state index contributed by atoms with van der Waals surface area (Å²) < 4.78 is 6.29. The monoisotopic (exact) mass is 343 g/mol. The lowest BCUT2D eigenvalue weighted by molar-refractivity contribution is -0.147. The van der Waals surface area contributed by atoms with E-state index in [1.54, 1.807) is 12.1 Å². The maximum Gasteiger partial charge on any atom is 0.323 e. The summed E-state index contributed by atoms with van der Waals surface area (Å²) >= 11 is 3.31. The summed E-state index contributed by atoms with van der Waals surface area (Å²) in [7, 11) is 0. The highest BCUT2D eigenvalue weighted by molar-refractivity contribution is 9.10. The Bertz CT molecular complexity index is 461. The van der Waals surface area contributed by atoms with E-state index in [4.69, 9.17) is 9.84 Å². The van der Waals surface area contributed by atoms with Crippen LogP contribution in [0.25, 0.3) is 0 Å². The number of benzene rings is 1. The Kier molecular flexibility index (Phi) is 6.51. The summed E-state index contributed by atoms with van der Waals surface area (Å²) in [5.74, 6) is -0.784. The fourth-order valence-electron chi connectivity index (χ4n) is 1.61. The highest BCUT2D eigenvalue weighted by Crippen LogP contribution is 2.16. The molecule has 1 amide bonds. The van der Waals surface area contributed by atoms with Crippen LogP contribution in [0, 0.1) is 0 Å². The molecule has 0 saturated heterocycles. The van der Waals surface area contributed by atoms with E-state index in [9.17, 15) is 9.59 Å². The van der Waals surface area contributed by atoms with Crippen LogP contribution in [0.15, 0.2) is 28.7 Å². The number of rotatable bonds is 7. The number of ether oxygens (including phenoxy) is 1. The van der Waals surface area contributed by atoms with Gasteiger partial charge >= 0.3 is 5.97 Å². The lowest BCUT2D eigenvalue weighted by Gasteiger charge is -2.26. The van der Waals surface area contributed by atoms with Crippen LogP contribution in [-0.4, -0.2) is 41.1 Å². The molecular formula is C14H18BrNO4. The van der Waals surface area contributed by atoms with Crippen molar-refractivity contribution in [1.82, 2.24) is 4.90 Å². The second kappa shape index (κ2) is 7.89. The molecule has 0 spiro atoms. The Morgan fingerprint density at radius 1 is 1.35 bits per heavy atom. The number of carbonyl (C=O) groups excluding carboxylic acids is 1. The number of hydrogen-bond acceptors (Lipinski definition) is 3. The summed E-state index contributed by atoms with van der Waals surface area (Å²) in [6.07, 6.45) is 0.692. The number of halogens is 1. The molecule has 0 heterocycles. The van der Waals surface area contributed by atoms with Gasteiger partial charge in [-0.25, -0.2) is 0 Å². The standard InChI is InChI=1S/C14H18BrNO4/c1-3-10(2)16(8-14(18)19)13(17)9-20-12-6-4-11(15)5-7-12/h4-7,10H,3,8-9H2,1-2H3,(H,18,19). The zero-order valence-electron chi connectivity index (χ0n) is 11.5. The second-order valence-electron chi connectivity index (χ2n) is 4.42. The first-order valence-corrected chi connectivity index (χ1v) is 7.13. The van der Waals surface area contributed by atoms with Crippen LogP contribution in [0.5, 0.6) is 5.75 Å². The van der Waals surface area contributed by atoms with Crippen molar-refractivity contribution in [3.63, 3.8) is 0 Å². The maximum atomic E-state index is 12.0. The number of carboxylic acids is 1. The third kappa shape index (κ3) is 5.21. The average molecular weight is 344 g/mol. The topological polar surface area (TPSA) is 66.8 Å². The number of aliphatic carboxylic acids is 1. The number of nitrogens with zero attached hydrogens (tertiary/aromatic N) is 1. The summed E-state index contributed by atoms with van der Waals surface area (Å²) in [5, 5.41) is 8.85. The van der Waals surface area contributed by atoms with Gasteiger partial charge in [-0.15, -0.1) is 0 Å². The largest absolute Gasteiger partial charge is 0.484 e. The van der Waals surface area contributed by atoms with Crippen molar-refractivity contribution in [2.45, 2.75) is 26.3 Å². The molecule has 1 atom stereocenters. The molecule has 6 heteroatoms. The lowest BCUT2D eigenvalue weighted by Crippen LogP contribution is -2.44. The van der Waals surface area contributed by atoms with Crippen molar-refractivity contribution in [1.29, 1.82) is 0 Å². The van der Waals surface area contributed by atoms with Crippen LogP contribution in [0.4, 0.5) is 0 Å². The molecule has 0 aliphatic rings. The van der Waals surface area contributed by atoms with E-state index in [0.29, 0.717) is 12.2 Å². The first-order valence-electron chi connectivity index (χ1n) is 6.33. The molecule has 110 valence electrons. The molecule has 0 radical (unpaired) electrons. The van der Waals surface area contributed by atoms with Crippen LogP contribution in [0.2, 0.25) is 0 Å². The van der Waals surface area contributed by atoms with E-state index in [1.165, 1.54) is 4.90 Å². The minimum atomic E-state index is -1.03. The molecule has 0 fully saturated rings. The first-order chi connectivity index (χ1) is 9.43. The number of carbonyl (C=O) groups is 2. The normalized spacial score (nSPS) is 11.8. The van der Waals surface area contributed by atoms with Gasteiger partial charge in [0.25, 0.3) is 5.91 Å². The van der Waals surface area contributed by atoms with E-state index in [2.05, 4.69) is 15.9 Å². The molecule has 5 nitrogen and oxygen atoms in total. The minimum absolute atomic E-state index is 0.132. The van der Waals surface area contributed by atoms with Gasteiger partial charge < -0.3 is 14.7 Å². The molecule has 1 unspecified atom stereocenters. The van der Waals surface area contributed by atoms with Crippen molar-refractivity contribution in [3.8, 4) is 5.75 Å². The first kappa shape index (κ1) is 16.5. The van der Waals surface area contributed by atoms with Crippen molar-refractivity contribution in [2.75, 3.05) is 13.2 Å². The van der Waals surface area contributed by atoms with Gasteiger partial charge in [0.15, 0.2) is 6.61 Å². The summed E-state index contributed by atoms with van der Waals surface area (Å²) in [5.41, 5.74) is 0. The molecule has 0 aliphatic carbocycles. The van der Waals surface area contributed by atoms with Crippen molar-refractivity contribution in [2.24, 2.45) is 0 Å². The zero-order valence-corrected chi connectivity index (χ0v) is 13.1. The van der Waals surface area contributed by atoms with Gasteiger partial charge in [0.2, 0.25) is 0 Å². The minimum Gasteiger partial charge on any atom is -0.484 e. The Balaban J connectivity index is 2.61. The summed E-state index contributed by atoms with van der Waals surface area (Å²) in [4.78, 5) is 24.2. The van der Waals surface area contributed by atoms with Gasteiger partial charge in [0, 0.05) is 10.5 Å². The zero-order chi connectivity index (χ0) is 15.1. The van der Waals surface area contributed by atoms with Crippen LogP contribution in [-0.2, 0) is 9.59 Å². The quantitative estimate of drug-likeness (QED) is 0.826. The molecule has 0 saturated carbocycles. The molecule has 1 N–H and O–H groups in total. The molecule has 20 heavy (non-hydrogen) atoms. The van der Waals surface area contributed by atoms with E-state index in [-0.39, 0.29) is 25.1 Å². The smallest absolute Gasteiger partial charge is 0.323 e. The fraction of sp³-hybridized carbons (Fsp3) is 0.429. The predicted molar refractivity (Wildman–Crippen MR) is 78.7 cm³/mol. The summed E-state index contributed by atoms with van der Waals surface area (Å²) in [6, 6.07) is 6.96. The highest BCUT2D eigenvalue weighted by Gasteiger charge is 2.21. The number of amides is 1. The molecule has 0 aliphatic heterocycles. The molecular weight excluding hydrogens is 326 g/mol. The van der Waals surface area contributed by atoms with Crippen LogP contribution >= 0.6 is 15.9 Å². The number of carboxylic acid groups (broad SMARTS) is 1. The van der Waals surface area contributed by atoms with Crippen LogP contribution in [0.1, 0.15) is 20.3 Å². The van der Waals surface area contributed by atoms with Crippen molar-refractivity contribution in [3.05, 3.63) is 28.7 Å². The Hall–Kier alpha value is -1.56. The SMILES string of the molecule is CCC(C)N(CC(=O)O)C(=O)COc1ccc(Br)cc1. The van der Waals surface area contributed by atoms with Gasteiger partial charge in [-0.1, -0.05) is 22.9 Å². The van der Waals surface area contributed by atoms with E-state index < -0.39 is 5.97 Å². The Labute approximate surface area is 126 Å². The third-order valence-electron chi connectivity index (χ3n) is 2.92. The molecule has 1 rings (SSSR count). The lowest BCUT2D eigenvalue weighted by atomic mass is 10.2. The van der Waals surface area contributed by atoms with E-state index in [1.807, 2.05) is 26.0 Å². The number of hydrogen-bond donors (Lipinski definition) is 1. The molecule has 0 aromatic heterocycles. The van der Waals surface area contributed by atoms with Crippen LogP contribution < -0.4 is 4.74 Å². The molecule has 1 aromatic carbocycles. The van der Waals surface area contributed by atoms with Crippen LogP contribution in [0.3, 0.4) is 0 Å². The predicted octanol–water partition coefficient (Wildman–Crippen LogP) is 2.54. The van der Waals surface area contributed by atoms with Crippen molar-refractivity contribution < 1.29 is 19.4 Å². The second-order valence-corrected chi connectivity index (χ2v) is 5.33. The van der Waals surface area contributed by atoms with Gasteiger partial charge in [-0.05, 0) is 37.6 Å².